The van der Waals surface area contributed by atoms with E-state index in [0.717, 1.165) is 9.75 Å². The molecule has 0 bridgehead atoms. The van der Waals surface area contributed by atoms with Crippen molar-refractivity contribution in [1.29, 1.82) is 0 Å². The Labute approximate surface area is 140 Å². The molecule has 1 fully saturated rings. The number of rotatable bonds is 4. The van der Waals surface area contributed by atoms with E-state index in [9.17, 15) is 4.79 Å². The summed E-state index contributed by atoms with van der Waals surface area (Å²) in [6.45, 7) is 1.25. The van der Waals surface area contributed by atoms with Gasteiger partial charge in [0.2, 0.25) is 17.6 Å². The number of aromatic nitrogens is 2. The van der Waals surface area contributed by atoms with Gasteiger partial charge in [-0.3, -0.25) is 4.79 Å². The van der Waals surface area contributed by atoms with Crippen LogP contribution in [0.2, 0.25) is 0 Å². The fraction of sp³-hybridized carbons (Fsp3) is 0.188. The molecule has 3 aromatic rings. The highest BCUT2D eigenvalue weighted by Gasteiger charge is 2.34. The maximum Gasteiger partial charge on any atom is 0.246 e. The van der Waals surface area contributed by atoms with Gasteiger partial charge >= 0.3 is 0 Å². The summed E-state index contributed by atoms with van der Waals surface area (Å²) in [7, 11) is 0. The first-order chi connectivity index (χ1) is 11.3. The molecule has 23 heavy (non-hydrogen) atoms. The molecule has 0 N–H and O–H groups in total. The van der Waals surface area contributed by atoms with Crippen molar-refractivity contribution in [3.8, 4) is 10.7 Å². The molecular weight excluding hydrogens is 330 g/mol. The summed E-state index contributed by atoms with van der Waals surface area (Å²) in [5.41, 5.74) is 0. The lowest BCUT2D eigenvalue weighted by Crippen LogP contribution is -2.47. The predicted molar refractivity (Wildman–Crippen MR) is 90.3 cm³/mol. The minimum absolute atomic E-state index is 0.0210. The van der Waals surface area contributed by atoms with Crippen LogP contribution < -0.4 is 0 Å². The SMILES string of the molecule is O=C(/C=C/c1cccs1)N1CC(c2nc(-c3cccs3)no2)C1. The monoisotopic (exact) mass is 343 g/mol. The van der Waals surface area contributed by atoms with E-state index in [1.54, 1.807) is 33.6 Å². The zero-order valence-corrected chi connectivity index (χ0v) is 13.7. The summed E-state index contributed by atoms with van der Waals surface area (Å²) in [5, 5.41) is 7.98. The first kappa shape index (κ1) is 14.3. The number of carbonyl (C=O) groups is 1. The van der Waals surface area contributed by atoms with Crippen molar-refractivity contribution in [2.45, 2.75) is 5.92 Å². The fourth-order valence-electron chi connectivity index (χ4n) is 2.37. The van der Waals surface area contributed by atoms with E-state index in [2.05, 4.69) is 10.1 Å². The van der Waals surface area contributed by atoms with E-state index >= 15 is 0 Å². The smallest absolute Gasteiger partial charge is 0.246 e. The van der Waals surface area contributed by atoms with Gasteiger partial charge in [0, 0.05) is 24.0 Å². The van der Waals surface area contributed by atoms with E-state index in [0.29, 0.717) is 24.8 Å². The lowest BCUT2D eigenvalue weighted by molar-refractivity contribution is -0.130. The van der Waals surface area contributed by atoms with Gasteiger partial charge < -0.3 is 9.42 Å². The van der Waals surface area contributed by atoms with Crippen LogP contribution in [0.5, 0.6) is 0 Å². The molecule has 0 radical (unpaired) electrons. The molecule has 0 spiro atoms. The Bertz CT molecular complexity index is 816. The molecule has 0 aliphatic carbocycles. The van der Waals surface area contributed by atoms with Crippen molar-refractivity contribution in [3.05, 3.63) is 51.9 Å². The zero-order chi connectivity index (χ0) is 15.6. The molecule has 1 aliphatic heterocycles. The number of nitrogens with zero attached hydrogens (tertiary/aromatic N) is 3. The highest BCUT2D eigenvalue weighted by Crippen LogP contribution is 2.29. The van der Waals surface area contributed by atoms with Gasteiger partial charge in [0.05, 0.1) is 10.8 Å². The Hall–Kier alpha value is -2.25. The molecule has 1 amide bonds. The van der Waals surface area contributed by atoms with Gasteiger partial charge in [0.25, 0.3) is 0 Å². The van der Waals surface area contributed by atoms with Crippen molar-refractivity contribution in [2.75, 3.05) is 13.1 Å². The van der Waals surface area contributed by atoms with Crippen LogP contribution in [0.3, 0.4) is 0 Å². The van der Waals surface area contributed by atoms with Crippen LogP contribution >= 0.6 is 22.7 Å². The second-order valence-corrected chi connectivity index (χ2v) is 7.15. The molecule has 4 heterocycles. The summed E-state index contributed by atoms with van der Waals surface area (Å²) in [6.07, 6.45) is 3.47. The average molecular weight is 343 g/mol. The van der Waals surface area contributed by atoms with E-state index < -0.39 is 0 Å². The van der Waals surface area contributed by atoms with Gasteiger partial charge in [-0.2, -0.15) is 4.98 Å². The van der Waals surface area contributed by atoms with Gasteiger partial charge in [-0.1, -0.05) is 17.3 Å². The molecule has 1 aliphatic rings. The molecule has 0 unspecified atom stereocenters. The number of amides is 1. The lowest BCUT2D eigenvalue weighted by atomic mass is 10.00. The summed E-state index contributed by atoms with van der Waals surface area (Å²) < 4.78 is 5.33. The summed E-state index contributed by atoms with van der Waals surface area (Å²) in [6, 6.07) is 7.87. The molecule has 3 aromatic heterocycles. The van der Waals surface area contributed by atoms with Gasteiger partial charge in [-0.05, 0) is 29.0 Å². The number of likely N-dealkylation sites (tertiary alicyclic amines) is 1. The molecule has 0 saturated carbocycles. The molecule has 0 atom stereocenters. The Morgan fingerprint density at radius 1 is 1.26 bits per heavy atom. The van der Waals surface area contributed by atoms with Crippen molar-refractivity contribution < 1.29 is 9.32 Å². The summed E-state index contributed by atoms with van der Waals surface area (Å²) >= 11 is 3.19. The predicted octanol–water partition coefficient (Wildman–Crippen LogP) is 3.50. The average Bonchev–Trinajstić information content (AvgIpc) is 3.24. The Balaban J connectivity index is 1.35. The standard InChI is InChI=1S/C16H13N3O2S2/c20-14(6-5-12-3-1-7-22-12)19-9-11(10-19)16-17-15(18-21-16)13-4-2-8-23-13/h1-8,11H,9-10H2/b6-5+. The number of thiophene rings is 2. The molecule has 116 valence electrons. The highest BCUT2D eigenvalue weighted by molar-refractivity contribution is 7.13. The maximum absolute atomic E-state index is 12.1. The normalized spacial score (nSPS) is 15.2. The topological polar surface area (TPSA) is 59.2 Å². The molecule has 7 heteroatoms. The van der Waals surface area contributed by atoms with Crippen molar-refractivity contribution in [3.63, 3.8) is 0 Å². The first-order valence-electron chi connectivity index (χ1n) is 7.17. The fourth-order valence-corrected chi connectivity index (χ4v) is 3.63. The quantitative estimate of drug-likeness (QED) is 0.680. The Kier molecular flexibility index (Phi) is 3.80. The van der Waals surface area contributed by atoms with E-state index in [1.165, 1.54) is 0 Å². The third kappa shape index (κ3) is 2.97. The van der Waals surface area contributed by atoms with Crippen LogP contribution in [0, 0.1) is 0 Å². The Morgan fingerprint density at radius 3 is 2.83 bits per heavy atom. The third-order valence-corrected chi connectivity index (χ3v) is 5.36. The van der Waals surface area contributed by atoms with Gasteiger partial charge in [0.15, 0.2) is 0 Å². The summed E-state index contributed by atoms with van der Waals surface area (Å²) in [5.74, 6) is 1.39. The number of hydrogen-bond donors (Lipinski definition) is 0. The highest BCUT2D eigenvalue weighted by atomic mass is 32.1. The number of hydrogen-bond acceptors (Lipinski definition) is 6. The maximum atomic E-state index is 12.1. The van der Waals surface area contributed by atoms with Crippen LogP contribution in [0.1, 0.15) is 16.7 Å². The second-order valence-electron chi connectivity index (χ2n) is 5.22. The number of carbonyl (C=O) groups excluding carboxylic acids is 1. The van der Waals surface area contributed by atoms with E-state index in [1.807, 2.05) is 41.1 Å². The molecule has 5 nitrogen and oxygen atoms in total. The van der Waals surface area contributed by atoms with Crippen LogP contribution in [-0.4, -0.2) is 34.0 Å². The van der Waals surface area contributed by atoms with Crippen LogP contribution in [0.15, 0.2) is 45.6 Å². The second kappa shape index (κ2) is 6.10. The van der Waals surface area contributed by atoms with Crippen molar-refractivity contribution in [2.24, 2.45) is 0 Å². The Morgan fingerprint density at radius 2 is 2.09 bits per heavy atom. The van der Waals surface area contributed by atoms with E-state index in [4.69, 9.17) is 4.52 Å². The summed E-state index contributed by atoms with van der Waals surface area (Å²) in [4.78, 5) is 20.4. The first-order valence-corrected chi connectivity index (χ1v) is 8.93. The molecular formula is C16H13N3O2S2. The van der Waals surface area contributed by atoms with E-state index in [-0.39, 0.29) is 11.8 Å². The minimum Gasteiger partial charge on any atom is -0.339 e. The van der Waals surface area contributed by atoms with Crippen molar-refractivity contribution in [1.82, 2.24) is 15.0 Å². The third-order valence-electron chi connectivity index (χ3n) is 3.66. The molecule has 0 aromatic carbocycles. The van der Waals surface area contributed by atoms with Crippen molar-refractivity contribution >= 4 is 34.7 Å². The van der Waals surface area contributed by atoms with Gasteiger partial charge in [-0.15, -0.1) is 22.7 Å². The van der Waals surface area contributed by atoms with Crippen LogP contribution in [0.4, 0.5) is 0 Å². The molecule has 4 rings (SSSR count). The van der Waals surface area contributed by atoms with Gasteiger partial charge in [0.1, 0.15) is 0 Å². The van der Waals surface area contributed by atoms with Crippen LogP contribution in [0.25, 0.3) is 16.8 Å². The molecule has 1 saturated heterocycles. The minimum atomic E-state index is 0.0210. The largest absolute Gasteiger partial charge is 0.339 e. The lowest BCUT2D eigenvalue weighted by Gasteiger charge is -2.36. The van der Waals surface area contributed by atoms with Gasteiger partial charge in [-0.25, -0.2) is 0 Å². The zero-order valence-electron chi connectivity index (χ0n) is 12.1. The van der Waals surface area contributed by atoms with Crippen LogP contribution in [-0.2, 0) is 4.79 Å².